The number of halogens is 2. The van der Waals surface area contributed by atoms with Crippen molar-refractivity contribution < 1.29 is 9.13 Å². The highest BCUT2D eigenvalue weighted by Gasteiger charge is 2.34. The molecule has 1 saturated heterocycles. The fraction of sp³-hybridized carbons (Fsp3) is 0.647. The molecule has 1 aliphatic carbocycles. The van der Waals surface area contributed by atoms with E-state index in [1.807, 2.05) is 6.07 Å². The molecule has 0 aromatic heterocycles. The van der Waals surface area contributed by atoms with Crippen LogP contribution >= 0.6 is 12.4 Å². The molecule has 1 heterocycles. The van der Waals surface area contributed by atoms with E-state index in [9.17, 15) is 4.39 Å². The summed E-state index contributed by atoms with van der Waals surface area (Å²) in [7, 11) is 0. The van der Waals surface area contributed by atoms with E-state index in [1.54, 1.807) is 12.1 Å². The predicted molar refractivity (Wildman–Crippen MR) is 89.1 cm³/mol. The molecule has 0 bridgehead atoms. The lowest BCUT2D eigenvalue weighted by Crippen LogP contribution is -2.51. The number of benzene rings is 1. The van der Waals surface area contributed by atoms with Crippen LogP contribution in [-0.4, -0.2) is 38.4 Å². The molecular weight excluding hydrogens is 303 g/mol. The molecule has 1 aromatic rings. The molecule has 0 radical (unpaired) electrons. The summed E-state index contributed by atoms with van der Waals surface area (Å²) in [5.41, 5.74) is 1.07. The Kier molecular flexibility index (Phi) is 7.09. The van der Waals surface area contributed by atoms with Gasteiger partial charge in [0.1, 0.15) is 5.82 Å². The summed E-state index contributed by atoms with van der Waals surface area (Å²) in [5, 5.41) is 7.27. The lowest BCUT2D eigenvalue weighted by molar-refractivity contribution is 0.0526. The minimum absolute atomic E-state index is 0. The molecule has 22 heavy (non-hydrogen) atoms. The van der Waals surface area contributed by atoms with Crippen LogP contribution in [0.3, 0.4) is 0 Å². The lowest BCUT2D eigenvalue weighted by atomic mass is 9.94. The first-order valence-electron chi connectivity index (χ1n) is 8.12. The monoisotopic (exact) mass is 328 g/mol. The highest BCUT2D eigenvalue weighted by atomic mass is 35.5. The highest BCUT2D eigenvalue weighted by Crippen LogP contribution is 2.29. The first kappa shape index (κ1) is 17.7. The Hall–Kier alpha value is -0.680. The molecule has 5 heteroatoms. The molecule has 2 N–H and O–H groups in total. The van der Waals surface area contributed by atoms with Crippen molar-refractivity contribution >= 4 is 12.4 Å². The first-order chi connectivity index (χ1) is 10.3. The van der Waals surface area contributed by atoms with Gasteiger partial charge < -0.3 is 15.4 Å². The zero-order chi connectivity index (χ0) is 14.5. The van der Waals surface area contributed by atoms with Gasteiger partial charge in [-0.3, -0.25) is 0 Å². The fourth-order valence-corrected chi connectivity index (χ4v) is 3.68. The topological polar surface area (TPSA) is 33.3 Å². The molecule has 3 atom stereocenters. The van der Waals surface area contributed by atoms with Crippen molar-refractivity contribution in [2.45, 2.75) is 37.8 Å². The minimum Gasteiger partial charge on any atom is -0.379 e. The summed E-state index contributed by atoms with van der Waals surface area (Å²) < 4.78 is 18.8. The molecule has 1 aliphatic heterocycles. The van der Waals surface area contributed by atoms with E-state index in [-0.39, 0.29) is 18.2 Å². The molecule has 3 unspecified atom stereocenters. The Morgan fingerprint density at radius 1 is 1.32 bits per heavy atom. The summed E-state index contributed by atoms with van der Waals surface area (Å²) in [6, 6.07) is 7.97. The normalized spacial score (nSPS) is 28.3. The maximum Gasteiger partial charge on any atom is 0.123 e. The summed E-state index contributed by atoms with van der Waals surface area (Å²) in [6.45, 7) is 3.56. The minimum atomic E-state index is -0.144. The van der Waals surface area contributed by atoms with Crippen LogP contribution in [0.1, 0.15) is 24.8 Å². The van der Waals surface area contributed by atoms with Crippen molar-refractivity contribution in [3.8, 4) is 0 Å². The van der Waals surface area contributed by atoms with Crippen LogP contribution in [0.4, 0.5) is 4.39 Å². The van der Waals surface area contributed by atoms with Gasteiger partial charge in [-0.2, -0.15) is 0 Å². The van der Waals surface area contributed by atoms with Crippen molar-refractivity contribution in [2.75, 3.05) is 26.3 Å². The molecule has 3 rings (SSSR count). The fourth-order valence-electron chi connectivity index (χ4n) is 3.68. The Morgan fingerprint density at radius 2 is 2.23 bits per heavy atom. The van der Waals surface area contributed by atoms with Crippen molar-refractivity contribution in [3.63, 3.8) is 0 Å². The van der Waals surface area contributed by atoms with Crippen molar-refractivity contribution in [1.82, 2.24) is 10.6 Å². The van der Waals surface area contributed by atoms with Gasteiger partial charge in [0.15, 0.2) is 0 Å². The third-order valence-electron chi connectivity index (χ3n) is 4.75. The number of hydrogen-bond acceptors (Lipinski definition) is 3. The molecule has 3 nitrogen and oxygen atoms in total. The molecule has 2 aliphatic rings. The standard InChI is InChI=1S/C17H25FN2O.ClH/c18-14-4-1-3-13(11-14)7-8-19-16-6-2-5-15(16)17-12-21-10-9-20-17;/h1,3-4,11,15-17,19-20H,2,5-10,12H2;1H. The van der Waals surface area contributed by atoms with Crippen LogP contribution in [0.25, 0.3) is 0 Å². The van der Waals surface area contributed by atoms with Gasteiger partial charge in [0.2, 0.25) is 0 Å². The molecule has 1 saturated carbocycles. The SMILES string of the molecule is Cl.Fc1cccc(CCNC2CCCC2C2COCCN2)c1. The van der Waals surface area contributed by atoms with Gasteiger partial charge in [-0.1, -0.05) is 18.6 Å². The second-order valence-electron chi connectivity index (χ2n) is 6.17. The van der Waals surface area contributed by atoms with Crippen molar-refractivity contribution in [3.05, 3.63) is 35.6 Å². The Morgan fingerprint density at radius 3 is 3.00 bits per heavy atom. The largest absolute Gasteiger partial charge is 0.379 e. The van der Waals surface area contributed by atoms with E-state index < -0.39 is 0 Å². The summed E-state index contributed by atoms with van der Waals surface area (Å²) in [5.74, 6) is 0.521. The Bertz CT molecular complexity index is 454. The Labute approximate surface area is 138 Å². The van der Waals surface area contributed by atoms with E-state index >= 15 is 0 Å². The molecule has 0 spiro atoms. The third-order valence-corrected chi connectivity index (χ3v) is 4.75. The van der Waals surface area contributed by atoms with E-state index in [1.165, 1.54) is 25.3 Å². The number of morpholine rings is 1. The first-order valence-corrected chi connectivity index (χ1v) is 8.12. The second kappa shape index (κ2) is 8.82. The average Bonchev–Trinajstić information content (AvgIpc) is 2.97. The maximum atomic E-state index is 13.2. The lowest BCUT2D eigenvalue weighted by Gasteiger charge is -2.33. The quantitative estimate of drug-likeness (QED) is 0.871. The molecule has 1 aromatic carbocycles. The average molecular weight is 329 g/mol. The smallest absolute Gasteiger partial charge is 0.123 e. The number of nitrogens with one attached hydrogen (secondary N) is 2. The number of hydrogen-bond donors (Lipinski definition) is 2. The molecule has 2 fully saturated rings. The summed E-state index contributed by atoms with van der Waals surface area (Å²) in [6.07, 6.45) is 4.70. The number of rotatable bonds is 5. The van der Waals surface area contributed by atoms with Gasteiger partial charge in [-0.05, 0) is 49.4 Å². The van der Waals surface area contributed by atoms with Gasteiger partial charge in [0.05, 0.1) is 13.2 Å². The van der Waals surface area contributed by atoms with Crippen molar-refractivity contribution in [2.24, 2.45) is 5.92 Å². The maximum absolute atomic E-state index is 13.2. The van der Waals surface area contributed by atoms with Crippen molar-refractivity contribution in [1.29, 1.82) is 0 Å². The van der Waals surface area contributed by atoms with Crippen LogP contribution in [-0.2, 0) is 11.2 Å². The van der Waals surface area contributed by atoms with Gasteiger partial charge in [0.25, 0.3) is 0 Å². The van der Waals surface area contributed by atoms with E-state index in [0.717, 1.165) is 38.3 Å². The van der Waals surface area contributed by atoms with E-state index in [2.05, 4.69) is 10.6 Å². The molecule has 0 amide bonds. The predicted octanol–water partition coefficient (Wildman–Crippen LogP) is 2.54. The number of ether oxygens (including phenoxy) is 1. The van der Waals surface area contributed by atoms with Crippen LogP contribution in [0.15, 0.2) is 24.3 Å². The zero-order valence-electron chi connectivity index (χ0n) is 12.9. The van der Waals surface area contributed by atoms with Gasteiger partial charge in [0, 0.05) is 18.6 Å². The van der Waals surface area contributed by atoms with Gasteiger partial charge in [-0.15, -0.1) is 12.4 Å². The van der Waals surface area contributed by atoms with Gasteiger partial charge >= 0.3 is 0 Å². The summed E-state index contributed by atoms with van der Waals surface area (Å²) >= 11 is 0. The molecule has 124 valence electrons. The second-order valence-corrected chi connectivity index (χ2v) is 6.17. The van der Waals surface area contributed by atoms with E-state index in [0.29, 0.717) is 18.0 Å². The van der Waals surface area contributed by atoms with Crippen LogP contribution in [0.2, 0.25) is 0 Å². The highest BCUT2D eigenvalue weighted by molar-refractivity contribution is 5.85. The van der Waals surface area contributed by atoms with E-state index in [4.69, 9.17) is 4.74 Å². The third kappa shape index (κ3) is 4.66. The molecular formula is C17H26ClFN2O. The van der Waals surface area contributed by atoms with Crippen LogP contribution in [0.5, 0.6) is 0 Å². The summed E-state index contributed by atoms with van der Waals surface area (Å²) in [4.78, 5) is 0. The Balaban J connectivity index is 0.00000176. The zero-order valence-corrected chi connectivity index (χ0v) is 13.7. The van der Waals surface area contributed by atoms with Gasteiger partial charge in [-0.25, -0.2) is 4.39 Å². The van der Waals surface area contributed by atoms with Crippen LogP contribution in [0, 0.1) is 11.7 Å². The van der Waals surface area contributed by atoms with Crippen LogP contribution < -0.4 is 10.6 Å².